The molecule has 1 aliphatic rings. The van der Waals surface area contributed by atoms with E-state index in [2.05, 4.69) is 16.9 Å². The van der Waals surface area contributed by atoms with Crippen LogP contribution in [0.3, 0.4) is 0 Å². The van der Waals surface area contributed by atoms with Crippen LogP contribution >= 0.6 is 0 Å². The van der Waals surface area contributed by atoms with Crippen molar-refractivity contribution in [2.24, 2.45) is 0 Å². The maximum absolute atomic E-state index is 13.7. The maximum atomic E-state index is 13.7. The lowest BCUT2D eigenvalue weighted by atomic mass is 9.83. The number of aromatic nitrogens is 1. The summed E-state index contributed by atoms with van der Waals surface area (Å²) in [5, 5.41) is 0. The minimum absolute atomic E-state index is 0.0401. The zero-order valence-electron chi connectivity index (χ0n) is 16.5. The smallest absolute Gasteiger partial charge is 0.286 e. The third kappa shape index (κ3) is 6.22. The molecule has 1 aromatic carbocycles. The summed E-state index contributed by atoms with van der Waals surface area (Å²) in [5.74, 6) is -0.357. The quantitative estimate of drug-likeness (QED) is 0.710. The van der Waals surface area contributed by atoms with Crippen molar-refractivity contribution in [3.8, 4) is 0 Å². The van der Waals surface area contributed by atoms with Gasteiger partial charge >= 0.3 is 0 Å². The van der Waals surface area contributed by atoms with Gasteiger partial charge in [0.2, 0.25) is 10.0 Å². The van der Waals surface area contributed by atoms with Crippen LogP contribution in [0.25, 0.3) is 0 Å². The standard InChI is InChI=1S/C21H27FN2O4S/c1-29(26,27)23-14-18(24-13-5-8-20(22)21(24)25)15-28-19-11-9-17(10-12-19)16-6-3-2-4-7-16/h2-8,13,17-19,23H,9-12,14-15H2,1H3/t17-,18?,19+. The molecule has 29 heavy (non-hydrogen) atoms. The monoisotopic (exact) mass is 422 g/mol. The number of pyridine rings is 1. The van der Waals surface area contributed by atoms with Crippen LogP contribution in [-0.2, 0) is 14.8 Å². The van der Waals surface area contributed by atoms with Crippen LogP contribution in [0.15, 0.2) is 53.5 Å². The third-order valence-corrected chi connectivity index (χ3v) is 6.06. The highest BCUT2D eigenvalue weighted by Crippen LogP contribution is 2.34. The molecule has 1 aliphatic carbocycles. The van der Waals surface area contributed by atoms with Crippen LogP contribution in [0.2, 0.25) is 0 Å². The van der Waals surface area contributed by atoms with Crippen LogP contribution in [0, 0.1) is 5.82 Å². The molecule has 6 nitrogen and oxygen atoms in total. The average Bonchev–Trinajstić information content (AvgIpc) is 2.71. The molecule has 8 heteroatoms. The fraction of sp³-hybridized carbons (Fsp3) is 0.476. The zero-order valence-corrected chi connectivity index (χ0v) is 17.3. The molecule has 0 spiro atoms. The Morgan fingerprint density at radius 1 is 1.14 bits per heavy atom. The largest absolute Gasteiger partial charge is 0.376 e. The van der Waals surface area contributed by atoms with E-state index in [0.717, 1.165) is 38.0 Å². The van der Waals surface area contributed by atoms with E-state index in [0.29, 0.717) is 5.92 Å². The molecule has 1 N–H and O–H groups in total. The molecule has 1 atom stereocenters. The molecule has 0 bridgehead atoms. The summed E-state index contributed by atoms with van der Waals surface area (Å²) in [7, 11) is -3.45. The number of halogens is 1. The summed E-state index contributed by atoms with van der Waals surface area (Å²) < 4.78 is 46.3. The summed E-state index contributed by atoms with van der Waals surface area (Å²) >= 11 is 0. The van der Waals surface area contributed by atoms with Crippen LogP contribution in [0.4, 0.5) is 4.39 Å². The van der Waals surface area contributed by atoms with Gasteiger partial charge in [0.05, 0.1) is 25.0 Å². The van der Waals surface area contributed by atoms with E-state index in [1.54, 1.807) is 0 Å². The Morgan fingerprint density at radius 3 is 2.48 bits per heavy atom. The van der Waals surface area contributed by atoms with E-state index in [4.69, 9.17) is 4.74 Å². The van der Waals surface area contributed by atoms with Crippen molar-refractivity contribution < 1.29 is 17.5 Å². The number of hydrogen-bond donors (Lipinski definition) is 1. The van der Waals surface area contributed by atoms with Crippen molar-refractivity contribution in [1.82, 2.24) is 9.29 Å². The Labute approximate surface area is 170 Å². The maximum Gasteiger partial charge on any atom is 0.286 e. The highest BCUT2D eigenvalue weighted by atomic mass is 32.2. The number of rotatable bonds is 8. The Balaban J connectivity index is 1.61. The van der Waals surface area contributed by atoms with Gasteiger partial charge in [-0.25, -0.2) is 17.5 Å². The van der Waals surface area contributed by atoms with Gasteiger partial charge < -0.3 is 9.30 Å². The van der Waals surface area contributed by atoms with Crippen LogP contribution in [0.1, 0.15) is 43.2 Å². The van der Waals surface area contributed by atoms with Gasteiger partial charge in [-0.1, -0.05) is 30.3 Å². The number of nitrogens with one attached hydrogen (secondary N) is 1. The molecule has 0 amide bonds. The Bertz CT molecular complexity index is 954. The minimum atomic E-state index is -3.45. The molecule has 1 unspecified atom stereocenters. The average molecular weight is 423 g/mol. The highest BCUT2D eigenvalue weighted by molar-refractivity contribution is 7.88. The van der Waals surface area contributed by atoms with E-state index in [1.165, 1.54) is 22.4 Å². The topological polar surface area (TPSA) is 77.4 Å². The minimum Gasteiger partial charge on any atom is -0.376 e. The molecule has 1 fully saturated rings. The summed E-state index contributed by atoms with van der Waals surface area (Å²) in [5.41, 5.74) is 0.552. The molecule has 2 aromatic rings. The Morgan fingerprint density at radius 2 is 1.83 bits per heavy atom. The van der Waals surface area contributed by atoms with Gasteiger partial charge in [0.15, 0.2) is 5.82 Å². The van der Waals surface area contributed by atoms with Gasteiger partial charge in [-0.05, 0) is 49.3 Å². The molecule has 0 aliphatic heterocycles. The molecule has 1 aromatic heterocycles. The van der Waals surface area contributed by atoms with Crippen molar-refractivity contribution in [2.75, 3.05) is 19.4 Å². The van der Waals surface area contributed by atoms with E-state index in [9.17, 15) is 17.6 Å². The molecular formula is C21H27FN2O4S. The Hall–Kier alpha value is -2.03. The normalized spacial score (nSPS) is 21.0. The molecule has 158 valence electrons. The predicted molar refractivity (Wildman–Crippen MR) is 110 cm³/mol. The number of benzene rings is 1. The van der Waals surface area contributed by atoms with Gasteiger partial charge in [0, 0.05) is 12.7 Å². The zero-order chi connectivity index (χ0) is 20.9. The van der Waals surface area contributed by atoms with Gasteiger partial charge in [0.1, 0.15) is 0 Å². The first-order valence-corrected chi connectivity index (χ1v) is 11.7. The Kier molecular flexibility index (Phi) is 7.21. The first-order chi connectivity index (χ1) is 13.8. The highest BCUT2D eigenvalue weighted by Gasteiger charge is 2.24. The second kappa shape index (κ2) is 9.65. The molecule has 0 saturated heterocycles. The van der Waals surface area contributed by atoms with Gasteiger partial charge in [-0.3, -0.25) is 4.79 Å². The molecule has 1 saturated carbocycles. The van der Waals surface area contributed by atoms with Crippen molar-refractivity contribution >= 4 is 10.0 Å². The molecular weight excluding hydrogens is 395 g/mol. The predicted octanol–water partition coefficient (Wildman–Crippen LogP) is 2.82. The van der Waals surface area contributed by atoms with Gasteiger partial charge in [-0.2, -0.15) is 0 Å². The number of ether oxygens (including phenoxy) is 1. The number of nitrogens with zero attached hydrogens (tertiary/aromatic N) is 1. The van der Waals surface area contributed by atoms with Gasteiger partial charge in [0.25, 0.3) is 5.56 Å². The summed E-state index contributed by atoms with van der Waals surface area (Å²) in [6.45, 7) is 0.0914. The van der Waals surface area contributed by atoms with Crippen LogP contribution in [0.5, 0.6) is 0 Å². The summed E-state index contributed by atoms with van der Waals surface area (Å²) in [4.78, 5) is 12.1. The lowest BCUT2D eigenvalue weighted by Crippen LogP contribution is -2.38. The van der Waals surface area contributed by atoms with Gasteiger partial charge in [-0.15, -0.1) is 0 Å². The lowest BCUT2D eigenvalue weighted by molar-refractivity contribution is 0.00722. The first kappa shape index (κ1) is 21.7. The third-order valence-electron chi connectivity index (χ3n) is 5.37. The molecule has 1 heterocycles. The van der Waals surface area contributed by atoms with Crippen molar-refractivity contribution in [3.05, 3.63) is 70.4 Å². The summed E-state index contributed by atoms with van der Waals surface area (Å²) in [6.07, 6.45) is 6.36. The second-order valence-corrected chi connectivity index (χ2v) is 9.39. The SMILES string of the molecule is CS(=O)(=O)NCC(CO[C@H]1CC[C@@H](c2ccccc2)CC1)n1cccc(F)c1=O. The lowest BCUT2D eigenvalue weighted by Gasteiger charge is -2.30. The fourth-order valence-corrected chi connectivity index (χ4v) is 4.29. The van der Waals surface area contributed by atoms with Crippen LogP contribution < -0.4 is 10.3 Å². The molecule has 0 radical (unpaired) electrons. The van der Waals surface area contributed by atoms with E-state index in [1.807, 2.05) is 18.2 Å². The summed E-state index contributed by atoms with van der Waals surface area (Å²) in [6, 6.07) is 12.3. The second-order valence-electron chi connectivity index (χ2n) is 7.56. The van der Waals surface area contributed by atoms with Crippen molar-refractivity contribution in [2.45, 2.75) is 43.7 Å². The van der Waals surface area contributed by atoms with Crippen molar-refractivity contribution in [1.29, 1.82) is 0 Å². The van der Waals surface area contributed by atoms with E-state index < -0.39 is 27.4 Å². The van der Waals surface area contributed by atoms with Crippen molar-refractivity contribution in [3.63, 3.8) is 0 Å². The first-order valence-electron chi connectivity index (χ1n) is 9.81. The van der Waals surface area contributed by atoms with Crippen LogP contribution in [-0.4, -0.2) is 38.5 Å². The van der Waals surface area contributed by atoms with E-state index >= 15 is 0 Å². The number of sulfonamides is 1. The van der Waals surface area contributed by atoms with E-state index in [-0.39, 0.29) is 19.3 Å². The molecule has 3 rings (SSSR count). The number of hydrogen-bond acceptors (Lipinski definition) is 4. The fourth-order valence-electron chi connectivity index (χ4n) is 3.79.